The van der Waals surface area contributed by atoms with Crippen LogP contribution in [0, 0.1) is 5.82 Å². The molecule has 1 aliphatic rings. The normalized spacial score (nSPS) is 15.0. The van der Waals surface area contributed by atoms with E-state index >= 15 is 0 Å². The molecule has 0 saturated carbocycles. The Hall–Kier alpha value is -2.51. The van der Waals surface area contributed by atoms with Crippen molar-refractivity contribution < 1.29 is 4.39 Å². The molecule has 3 aromatic rings. The second kappa shape index (κ2) is 8.67. The van der Waals surface area contributed by atoms with Gasteiger partial charge < -0.3 is 15.1 Å². The largest absolute Gasteiger partial charge is 0.357 e. The SMILES string of the molecule is CCN1CCN(c2ccc(CNc3nc(-c4ccc(F)cc4)cs3)cn2)CC1. The summed E-state index contributed by atoms with van der Waals surface area (Å²) in [4.78, 5) is 14.0. The van der Waals surface area contributed by atoms with Gasteiger partial charge in [0.15, 0.2) is 5.13 Å². The summed E-state index contributed by atoms with van der Waals surface area (Å²) >= 11 is 1.55. The van der Waals surface area contributed by atoms with E-state index < -0.39 is 0 Å². The van der Waals surface area contributed by atoms with Gasteiger partial charge in [-0.15, -0.1) is 11.3 Å². The fraction of sp³-hybridized carbons (Fsp3) is 0.333. The molecule has 3 heterocycles. The van der Waals surface area contributed by atoms with Crippen LogP contribution in [0.25, 0.3) is 11.3 Å². The lowest BCUT2D eigenvalue weighted by atomic mass is 10.2. The van der Waals surface area contributed by atoms with Gasteiger partial charge in [-0.25, -0.2) is 14.4 Å². The van der Waals surface area contributed by atoms with Crippen molar-refractivity contribution in [1.82, 2.24) is 14.9 Å². The highest BCUT2D eigenvalue weighted by atomic mass is 32.1. The molecule has 28 heavy (non-hydrogen) atoms. The Kier molecular flexibility index (Phi) is 5.83. The maximum absolute atomic E-state index is 13.1. The molecule has 0 radical (unpaired) electrons. The molecule has 7 heteroatoms. The first-order valence-electron chi connectivity index (χ1n) is 9.59. The van der Waals surface area contributed by atoms with Gasteiger partial charge in [-0.05, 0) is 42.4 Å². The van der Waals surface area contributed by atoms with Crippen LogP contribution in [-0.4, -0.2) is 47.6 Å². The van der Waals surface area contributed by atoms with E-state index in [1.807, 2.05) is 11.6 Å². The van der Waals surface area contributed by atoms with Crippen molar-refractivity contribution in [3.63, 3.8) is 0 Å². The first kappa shape index (κ1) is 18.8. The van der Waals surface area contributed by atoms with Crippen molar-refractivity contribution in [2.45, 2.75) is 13.5 Å². The number of anilines is 2. The molecule has 1 aliphatic heterocycles. The van der Waals surface area contributed by atoms with Gasteiger partial charge in [0.25, 0.3) is 0 Å². The minimum Gasteiger partial charge on any atom is -0.357 e. The van der Waals surface area contributed by atoms with Crippen molar-refractivity contribution in [3.05, 3.63) is 59.4 Å². The minimum absolute atomic E-state index is 0.236. The predicted molar refractivity (Wildman–Crippen MR) is 113 cm³/mol. The van der Waals surface area contributed by atoms with Crippen LogP contribution in [-0.2, 0) is 6.54 Å². The third-order valence-electron chi connectivity index (χ3n) is 5.04. The Morgan fingerprint density at radius 2 is 1.86 bits per heavy atom. The molecule has 0 spiro atoms. The van der Waals surface area contributed by atoms with Crippen LogP contribution in [0.15, 0.2) is 48.0 Å². The molecular formula is C21H24FN5S. The second-order valence-electron chi connectivity index (χ2n) is 6.84. The molecule has 0 amide bonds. The van der Waals surface area contributed by atoms with E-state index in [1.54, 1.807) is 23.5 Å². The molecule has 1 fully saturated rings. The summed E-state index contributed by atoms with van der Waals surface area (Å²) in [5.74, 6) is 0.813. The number of likely N-dealkylation sites (N-methyl/N-ethyl adjacent to an activating group) is 1. The maximum Gasteiger partial charge on any atom is 0.183 e. The summed E-state index contributed by atoms with van der Waals surface area (Å²) in [6.45, 7) is 8.26. The van der Waals surface area contributed by atoms with Crippen LogP contribution < -0.4 is 10.2 Å². The van der Waals surface area contributed by atoms with Crippen molar-refractivity contribution in [2.75, 3.05) is 42.9 Å². The van der Waals surface area contributed by atoms with E-state index in [2.05, 4.69) is 44.1 Å². The molecule has 0 aliphatic carbocycles. The van der Waals surface area contributed by atoms with Crippen LogP contribution in [0.1, 0.15) is 12.5 Å². The first-order valence-corrected chi connectivity index (χ1v) is 10.5. The number of nitrogens with one attached hydrogen (secondary N) is 1. The second-order valence-corrected chi connectivity index (χ2v) is 7.70. The Morgan fingerprint density at radius 3 is 2.54 bits per heavy atom. The third kappa shape index (κ3) is 4.48. The lowest BCUT2D eigenvalue weighted by molar-refractivity contribution is 0.270. The van der Waals surface area contributed by atoms with Gasteiger partial charge in [0.2, 0.25) is 0 Å². The van der Waals surface area contributed by atoms with E-state index in [0.29, 0.717) is 6.54 Å². The number of rotatable bonds is 6. The van der Waals surface area contributed by atoms with Crippen molar-refractivity contribution in [2.24, 2.45) is 0 Å². The van der Waals surface area contributed by atoms with Crippen molar-refractivity contribution in [1.29, 1.82) is 0 Å². The summed E-state index contributed by atoms with van der Waals surface area (Å²) < 4.78 is 13.1. The van der Waals surface area contributed by atoms with Crippen LogP contribution in [0.3, 0.4) is 0 Å². The Bertz CT molecular complexity index is 886. The topological polar surface area (TPSA) is 44.3 Å². The molecular weight excluding hydrogens is 373 g/mol. The number of piperazine rings is 1. The predicted octanol–water partition coefficient (Wildman–Crippen LogP) is 4.10. The quantitative estimate of drug-likeness (QED) is 0.678. The molecule has 0 atom stereocenters. The number of thiazole rings is 1. The summed E-state index contributed by atoms with van der Waals surface area (Å²) in [7, 11) is 0. The van der Waals surface area contributed by atoms with Crippen molar-refractivity contribution in [3.8, 4) is 11.3 Å². The molecule has 1 saturated heterocycles. The monoisotopic (exact) mass is 397 g/mol. The summed E-state index contributed by atoms with van der Waals surface area (Å²) in [5, 5.41) is 6.17. The molecule has 5 nitrogen and oxygen atoms in total. The van der Waals surface area contributed by atoms with Crippen LogP contribution in [0.4, 0.5) is 15.3 Å². The number of nitrogens with zero attached hydrogens (tertiary/aromatic N) is 4. The maximum atomic E-state index is 13.1. The van der Waals surface area contributed by atoms with Gasteiger partial charge >= 0.3 is 0 Å². The standard InChI is InChI=1S/C21H24FN5S/c1-2-26-9-11-27(12-10-26)20-8-3-16(13-23-20)14-24-21-25-19(15-28-21)17-4-6-18(22)7-5-17/h3-8,13,15H,2,9-12,14H2,1H3,(H,24,25). The highest BCUT2D eigenvalue weighted by molar-refractivity contribution is 7.14. The lowest BCUT2D eigenvalue weighted by Crippen LogP contribution is -2.46. The molecule has 146 valence electrons. The molecule has 2 aromatic heterocycles. The van der Waals surface area contributed by atoms with E-state index in [1.165, 1.54) is 12.1 Å². The Balaban J connectivity index is 1.32. The fourth-order valence-electron chi connectivity index (χ4n) is 3.29. The van der Waals surface area contributed by atoms with Gasteiger partial charge in [0, 0.05) is 49.9 Å². The molecule has 4 rings (SSSR count). The molecule has 1 N–H and O–H groups in total. The van der Waals surface area contributed by atoms with Gasteiger partial charge in [0.05, 0.1) is 5.69 Å². The van der Waals surface area contributed by atoms with E-state index in [4.69, 9.17) is 0 Å². The summed E-state index contributed by atoms with van der Waals surface area (Å²) in [6, 6.07) is 10.6. The summed E-state index contributed by atoms with van der Waals surface area (Å²) in [6.07, 6.45) is 1.93. The first-order chi connectivity index (χ1) is 13.7. The van der Waals surface area contributed by atoms with E-state index in [-0.39, 0.29) is 5.82 Å². The Morgan fingerprint density at radius 1 is 1.07 bits per heavy atom. The average molecular weight is 398 g/mol. The van der Waals surface area contributed by atoms with Crippen LogP contribution in [0.5, 0.6) is 0 Å². The Labute approximate surface area is 168 Å². The number of benzene rings is 1. The minimum atomic E-state index is -0.236. The highest BCUT2D eigenvalue weighted by Crippen LogP contribution is 2.25. The number of hydrogen-bond acceptors (Lipinski definition) is 6. The zero-order chi connectivity index (χ0) is 19.3. The highest BCUT2D eigenvalue weighted by Gasteiger charge is 2.16. The number of pyridine rings is 1. The fourth-order valence-corrected chi connectivity index (χ4v) is 4.01. The van der Waals surface area contributed by atoms with E-state index in [9.17, 15) is 4.39 Å². The number of halogens is 1. The molecule has 1 aromatic carbocycles. The average Bonchev–Trinajstić information content (AvgIpc) is 3.22. The van der Waals surface area contributed by atoms with E-state index in [0.717, 1.165) is 60.5 Å². The molecule has 0 unspecified atom stereocenters. The van der Waals surface area contributed by atoms with Gasteiger partial charge in [-0.3, -0.25) is 0 Å². The number of aromatic nitrogens is 2. The lowest BCUT2D eigenvalue weighted by Gasteiger charge is -2.34. The van der Waals surface area contributed by atoms with Gasteiger partial charge in [-0.1, -0.05) is 13.0 Å². The van der Waals surface area contributed by atoms with Gasteiger partial charge in [0.1, 0.15) is 11.6 Å². The van der Waals surface area contributed by atoms with Gasteiger partial charge in [-0.2, -0.15) is 0 Å². The smallest absolute Gasteiger partial charge is 0.183 e. The van der Waals surface area contributed by atoms with Crippen LogP contribution >= 0.6 is 11.3 Å². The zero-order valence-electron chi connectivity index (χ0n) is 15.9. The number of hydrogen-bond donors (Lipinski definition) is 1. The third-order valence-corrected chi connectivity index (χ3v) is 5.84. The molecule has 0 bridgehead atoms. The van der Waals surface area contributed by atoms with Crippen molar-refractivity contribution >= 4 is 22.3 Å². The zero-order valence-corrected chi connectivity index (χ0v) is 16.8. The summed E-state index contributed by atoms with van der Waals surface area (Å²) in [5.41, 5.74) is 2.89. The van der Waals surface area contributed by atoms with Crippen LogP contribution in [0.2, 0.25) is 0 Å².